The predicted octanol–water partition coefficient (Wildman–Crippen LogP) is 1.45. The highest BCUT2D eigenvalue weighted by Gasteiger charge is 2.21. The van der Waals surface area contributed by atoms with Crippen LogP contribution < -0.4 is 0 Å². The van der Waals surface area contributed by atoms with E-state index in [1.165, 1.54) is 6.07 Å². The van der Waals surface area contributed by atoms with E-state index in [2.05, 4.69) is 0 Å². The third-order valence-electron chi connectivity index (χ3n) is 1.61. The zero-order valence-electron chi connectivity index (χ0n) is 7.14. The van der Waals surface area contributed by atoms with E-state index in [1.807, 2.05) is 0 Å². The fourth-order valence-corrected chi connectivity index (χ4v) is 2.80. The summed E-state index contributed by atoms with van der Waals surface area (Å²) in [6.07, 6.45) is 0. The van der Waals surface area contributed by atoms with Gasteiger partial charge in [0, 0.05) is 0 Å². The quantitative estimate of drug-likeness (QED) is 0.815. The Hall–Kier alpha value is -1.51. The Morgan fingerprint density at radius 1 is 1.00 bits per heavy atom. The topological polar surface area (TPSA) is 109 Å². The lowest BCUT2D eigenvalue weighted by atomic mass is 10.1. The number of rotatable bonds is 3. The lowest BCUT2D eigenvalue weighted by Crippen LogP contribution is -2.07. The van der Waals surface area contributed by atoms with Gasteiger partial charge in [0.1, 0.15) is 3.57 Å². The van der Waals surface area contributed by atoms with Gasteiger partial charge in [-0.25, -0.2) is 15.7 Å². The fourth-order valence-electron chi connectivity index (χ4n) is 1.03. The molecule has 0 bridgehead atoms. The van der Waals surface area contributed by atoms with Crippen molar-refractivity contribution in [2.24, 2.45) is 0 Å². The van der Waals surface area contributed by atoms with Gasteiger partial charge in [0.25, 0.3) is 0 Å². The van der Waals surface area contributed by atoms with Gasteiger partial charge in [0.15, 0.2) is 0 Å². The number of carboxylic acids is 2. The monoisotopic (exact) mass is 324 g/mol. The Morgan fingerprint density at radius 3 is 1.67 bits per heavy atom. The van der Waals surface area contributed by atoms with Crippen molar-refractivity contribution in [1.82, 2.24) is 0 Å². The number of hydrogen-bond donors (Lipinski definition) is 2. The maximum Gasteiger partial charge on any atom is 0.342 e. The maximum atomic E-state index is 10.9. The van der Waals surface area contributed by atoms with Gasteiger partial charge >= 0.3 is 31.7 Å². The van der Waals surface area contributed by atoms with Crippen LogP contribution >= 0.6 is 19.8 Å². The van der Waals surface area contributed by atoms with Crippen molar-refractivity contribution < 1.29 is 25.9 Å². The number of aromatic carboxylic acids is 2. The minimum absolute atomic E-state index is 0.495. The van der Waals surface area contributed by atoms with Crippen LogP contribution in [-0.2, 0) is 6.14 Å². The van der Waals surface area contributed by atoms with Crippen LogP contribution in [0.5, 0.6) is 0 Å². The summed E-state index contributed by atoms with van der Waals surface area (Å²) in [5, 5.41) is 17.4. The molecule has 0 unspecified atom stereocenters. The third-order valence-corrected chi connectivity index (χ3v) is 3.66. The summed E-state index contributed by atoms with van der Waals surface area (Å²) in [4.78, 5) is 21.3. The van der Waals surface area contributed by atoms with Crippen molar-refractivity contribution in [2.75, 3.05) is 0 Å². The molecule has 2 N–H and O–H groups in total. The standard InChI is InChI=1S/C8H5IO6/c10-7(11)4-2-1-3-5(8(12)13)6(4)9(14)15/h1-3H,(H,10,11)(H,12,13). The molecule has 0 heterocycles. The van der Waals surface area contributed by atoms with Crippen molar-refractivity contribution in [1.29, 1.82) is 0 Å². The second-order valence-corrected chi connectivity index (χ2v) is 4.81. The molecule has 0 saturated heterocycles. The molecule has 1 aromatic carbocycles. The van der Waals surface area contributed by atoms with Crippen LogP contribution in [0.4, 0.5) is 0 Å². The largest absolute Gasteiger partial charge is 0.478 e. The van der Waals surface area contributed by atoms with Crippen molar-refractivity contribution in [3.63, 3.8) is 0 Å². The molecule has 80 valence electrons. The van der Waals surface area contributed by atoms with Gasteiger partial charge in [-0.2, -0.15) is 0 Å². The second-order valence-electron chi connectivity index (χ2n) is 2.49. The number of carbonyl (C=O) groups is 2. The summed E-state index contributed by atoms with van der Waals surface area (Å²) in [5.41, 5.74) is -0.991. The molecule has 0 radical (unpaired) electrons. The minimum Gasteiger partial charge on any atom is -0.478 e. The first kappa shape index (κ1) is 11.6. The van der Waals surface area contributed by atoms with E-state index in [0.717, 1.165) is 12.1 Å². The lowest BCUT2D eigenvalue weighted by molar-refractivity contribution is 0.0695. The highest BCUT2D eigenvalue weighted by Crippen LogP contribution is 2.26. The lowest BCUT2D eigenvalue weighted by Gasteiger charge is -2.01. The average molecular weight is 324 g/mol. The number of benzene rings is 1. The SMILES string of the molecule is O=C(O)c1cccc(C(=O)O)c1I(=O)=O. The molecule has 0 aliphatic carbocycles. The average Bonchev–Trinajstić information content (AvgIpc) is 2.16. The highest BCUT2D eigenvalue weighted by atomic mass is 127. The summed E-state index contributed by atoms with van der Waals surface area (Å²) in [6, 6.07) is 3.31. The van der Waals surface area contributed by atoms with Crippen LogP contribution in [0.2, 0.25) is 0 Å². The summed E-state index contributed by atoms with van der Waals surface area (Å²) in [7, 11) is 0. The van der Waals surface area contributed by atoms with Crippen LogP contribution in [0.3, 0.4) is 0 Å². The molecule has 7 heteroatoms. The molecule has 0 aromatic heterocycles. The highest BCUT2D eigenvalue weighted by molar-refractivity contribution is 14.2. The summed E-state index contributed by atoms with van der Waals surface area (Å²) < 4.78 is 21.1. The first-order chi connectivity index (χ1) is 6.95. The molecule has 0 spiro atoms. The van der Waals surface area contributed by atoms with Gasteiger partial charge in [0.05, 0.1) is 11.1 Å². The normalized spacial score (nSPS) is 10.2. The Balaban J connectivity index is 3.63. The van der Waals surface area contributed by atoms with Crippen molar-refractivity contribution in [3.05, 3.63) is 32.9 Å². The predicted molar refractivity (Wildman–Crippen MR) is 54.5 cm³/mol. The van der Waals surface area contributed by atoms with E-state index in [9.17, 15) is 15.7 Å². The summed E-state index contributed by atoms with van der Waals surface area (Å²) in [5.74, 6) is -2.91. The second kappa shape index (κ2) is 4.34. The van der Waals surface area contributed by atoms with Gasteiger partial charge in [-0.1, -0.05) is 6.07 Å². The van der Waals surface area contributed by atoms with Crippen LogP contribution in [0.25, 0.3) is 0 Å². The van der Waals surface area contributed by atoms with Crippen LogP contribution in [0.15, 0.2) is 18.2 Å². The molecule has 0 saturated carbocycles. The van der Waals surface area contributed by atoms with Crippen LogP contribution in [0.1, 0.15) is 20.7 Å². The van der Waals surface area contributed by atoms with Gasteiger partial charge < -0.3 is 10.2 Å². The zero-order chi connectivity index (χ0) is 11.6. The Bertz CT molecular complexity index is 462. The third kappa shape index (κ3) is 2.29. The Kier molecular flexibility index (Phi) is 3.35. The molecule has 0 fully saturated rings. The first-order valence-electron chi connectivity index (χ1n) is 3.60. The van der Waals surface area contributed by atoms with Gasteiger partial charge in [-0.15, -0.1) is 0 Å². The number of carboxylic acid groups (broad SMARTS) is 2. The van der Waals surface area contributed by atoms with Gasteiger partial charge in [-0.3, -0.25) is 0 Å². The Morgan fingerprint density at radius 2 is 1.40 bits per heavy atom. The molecule has 6 nitrogen and oxygen atoms in total. The van der Waals surface area contributed by atoms with Crippen LogP contribution in [-0.4, -0.2) is 22.2 Å². The van der Waals surface area contributed by atoms with E-state index in [-0.39, 0.29) is 0 Å². The molecule has 0 aliphatic heterocycles. The smallest absolute Gasteiger partial charge is 0.342 e. The van der Waals surface area contributed by atoms with E-state index >= 15 is 0 Å². The molecule has 0 aliphatic rings. The molecule has 1 rings (SSSR count). The van der Waals surface area contributed by atoms with Gasteiger partial charge in [0.2, 0.25) is 0 Å². The van der Waals surface area contributed by atoms with E-state index in [1.54, 1.807) is 0 Å². The molecular weight excluding hydrogens is 319 g/mol. The van der Waals surface area contributed by atoms with Gasteiger partial charge in [-0.05, 0) is 12.1 Å². The molecule has 1 aromatic rings. The maximum absolute atomic E-state index is 10.9. The molecular formula is C8H5IO6. The summed E-state index contributed by atoms with van der Waals surface area (Å²) in [6.45, 7) is 0. The fraction of sp³-hybridized carbons (Fsp3) is 0. The van der Waals surface area contributed by atoms with E-state index in [0.29, 0.717) is 0 Å². The van der Waals surface area contributed by atoms with E-state index < -0.39 is 46.4 Å². The number of hydrogen-bond acceptors (Lipinski definition) is 4. The first-order valence-corrected chi connectivity index (χ1v) is 6.44. The molecule has 0 amide bonds. The number of halogens is 1. The van der Waals surface area contributed by atoms with Crippen molar-refractivity contribution in [2.45, 2.75) is 0 Å². The van der Waals surface area contributed by atoms with Crippen LogP contribution in [0, 0.1) is 3.57 Å². The van der Waals surface area contributed by atoms with Crippen molar-refractivity contribution >= 4 is 31.7 Å². The molecule has 0 atom stereocenters. The van der Waals surface area contributed by atoms with E-state index in [4.69, 9.17) is 10.2 Å². The Labute approximate surface area is 90.7 Å². The van der Waals surface area contributed by atoms with Crippen molar-refractivity contribution in [3.8, 4) is 0 Å². The molecule has 15 heavy (non-hydrogen) atoms. The zero-order valence-corrected chi connectivity index (χ0v) is 9.29. The minimum atomic E-state index is -4.15. The summed E-state index contributed by atoms with van der Waals surface area (Å²) >= 11 is -4.15.